The number of piperazine rings is 1. The van der Waals surface area contributed by atoms with Crippen LogP contribution >= 0.6 is 0 Å². The van der Waals surface area contributed by atoms with Crippen molar-refractivity contribution in [1.82, 2.24) is 14.7 Å². The summed E-state index contributed by atoms with van der Waals surface area (Å²) in [7, 11) is 5.71. The van der Waals surface area contributed by atoms with E-state index in [-0.39, 0.29) is 5.91 Å². The number of allylic oxidation sites excluding steroid dienone is 3. The van der Waals surface area contributed by atoms with Gasteiger partial charge in [-0.1, -0.05) is 6.58 Å². The molecule has 1 aromatic carbocycles. The summed E-state index contributed by atoms with van der Waals surface area (Å²) in [5.41, 5.74) is 4.79. The van der Waals surface area contributed by atoms with E-state index in [9.17, 15) is 4.79 Å². The van der Waals surface area contributed by atoms with E-state index in [2.05, 4.69) is 24.6 Å². The van der Waals surface area contributed by atoms with Crippen LogP contribution in [0.4, 0.5) is 0 Å². The third-order valence-electron chi connectivity index (χ3n) is 5.14. The van der Waals surface area contributed by atoms with Crippen molar-refractivity contribution in [2.45, 2.75) is 6.92 Å². The number of methoxy groups -OCH3 is 1. The maximum Gasteiger partial charge on any atom is 0.254 e. The van der Waals surface area contributed by atoms with Crippen molar-refractivity contribution in [3.05, 3.63) is 59.5 Å². The zero-order valence-electron chi connectivity index (χ0n) is 16.1. The zero-order valence-corrected chi connectivity index (χ0v) is 16.1. The molecule has 26 heavy (non-hydrogen) atoms. The van der Waals surface area contributed by atoms with E-state index in [0.29, 0.717) is 11.3 Å². The number of amides is 1. The van der Waals surface area contributed by atoms with Gasteiger partial charge in [0.25, 0.3) is 5.91 Å². The molecule has 2 aliphatic heterocycles. The van der Waals surface area contributed by atoms with Crippen LogP contribution in [0.1, 0.15) is 22.8 Å². The molecular formula is C21H27N3O2. The summed E-state index contributed by atoms with van der Waals surface area (Å²) in [4.78, 5) is 19.0. The van der Waals surface area contributed by atoms with Crippen molar-refractivity contribution >= 4 is 11.5 Å². The summed E-state index contributed by atoms with van der Waals surface area (Å²) in [6, 6.07) is 5.72. The Morgan fingerprint density at radius 2 is 1.85 bits per heavy atom. The second-order valence-corrected chi connectivity index (χ2v) is 6.98. The lowest BCUT2D eigenvalue weighted by molar-refractivity contribution is 0.0663. The number of nitrogens with zero attached hydrogens (tertiary/aromatic N) is 3. The fourth-order valence-corrected chi connectivity index (χ4v) is 3.32. The molecule has 0 unspecified atom stereocenters. The van der Waals surface area contributed by atoms with Crippen molar-refractivity contribution < 1.29 is 9.53 Å². The third kappa shape index (κ3) is 3.53. The molecule has 3 rings (SSSR count). The largest absolute Gasteiger partial charge is 0.496 e. The molecule has 0 radical (unpaired) electrons. The fourth-order valence-electron chi connectivity index (χ4n) is 3.32. The van der Waals surface area contributed by atoms with Crippen LogP contribution in [-0.4, -0.2) is 68.0 Å². The van der Waals surface area contributed by atoms with Gasteiger partial charge >= 0.3 is 0 Å². The normalized spacial score (nSPS) is 18.5. The van der Waals surface area contributed by atoms with Crippen LogP contribution in [0.25, 0.3) is 5.57 Å². The van der Waals surface area contributed by atoms with Gasteiger partial charge in [0.1, 0.15) is 5.75 Å². The molecule has 0 aliphatic carbocycles. The molecule has 1 aromatic rings. The molecule has 5 heteroatoms. The van der Waals surface area contributed by atoms with Gasteiger partial charge in [0.05, 0.1) is 7.11 Å². The Morgan fingerprint density at radius 1 is 1.15 bits per heavy atom. The van der Waals surface area contributed by atoms with Crippen LogP contribution in [0.15, 0.2) is 48.3 Å². The molecule has 0 bridgehead atoms. The average molecular weight is 353 g/mol. The smallest absolute Gasteiger partial charge is 0.254 e. The third-order valence-corrected chi connectivity index (χ3v) is 5.14. The maximum absolute atomic E-state index is 12.8. The van der Waals surface area contributed by atoms with Crippen LogP contribution in [0, 0.1) is 0 Å². The molecule has 0 saturated carbocycles. The second-order valence-electron chi connectivity index (χ2n) is 6.98. The monoisotopic (exact) mass is 353 g/mol. The van der Waals surface area contributed by atoms with Crippen LogP contribution in [-0.2, 0) is 0 Å². The van der Waals surface area contributed by atoms with Gasteiger partial charge in [-0.25, -0.2) is 0 Å². The van der Waals surface area contributed by atoms with E-state index in [1.165, 1.54) is 0 Å². The molecule has 2 aliphatic rings. The van der Waals surface area contributed by atoms with Crippen LogP contribution < -0.4 is 4.74 Å². The van der Waals surface area contributed by atoms with Crippen LogP contribution in [0.3, 0.4) is 0 Å². The fraction of sp³-hybridized carbons (Fsp3) is 0.381. The molecule has 1 saturated heterocycles. The summed E-state index contributed by atoms with van der Waals surface area (Å²) in [5, 5.41) is 0. The standard InChI is InChI=1S/C21H27N3O2/c1-15-12-18(14-23(4)16(15)2)19-7-6-17(13-20(19)26-5)21(25)24-10-8-22(3)9-11-24/h6-7,12-14H,2,8-11H2,1,3-5H3. The molecular weight excluding hydrogens is 326 g/mol. The predicted octanol–water partition coefficient (Wildman–Crippen LogP) is 2.83. The number of hydrogen-bond donors (Lipinski definition) is 0. The minimum absolute atomic E-state index is 0.0674. The van der Waals surface area contributed by atoms with Crippen LogP contribution in [0.2, 0.25) is 0 Å². The van der Waals surface area contributed by atoms with Crippen molar-refractivity contribution in [2.75, 3.05) is 47.4 Å². The van der Waals surface area contributed by atoms with Crippen molar-refractivity contribution in [3.8, 4) is 5.75 Å². The molecule has 0 aromatic heterocycles. The first kappa shape index (κ1) is 18.3. The molecule has 2 heterocycles. The summed E-state index contributed by atoms with van der Waals surface area (Å²) >= 11 is 0. The predicted molar refractivity (Wildman–Crippen MR) is 105 cm³/mol. The summed E-state index contributed by atoms with van der Waals surface area (Å²) in [6.07, 6.45) is 4.14. The zero-order chi connectivity index (χ0) is 18.8. The first-order chi connectivity index (χ1) is 12.4. The van der Waals surface area contributed by atoms with Gasteiger partial charge in [-0.3, -0.25) is 4.79 Å². The lowest BCUT2D eigenvalue weighted by Gasteiger charge is -2.32. The Morgan fingerprint density at radius 3 is 2.46 bits per heavy atom. The van der Waals surface area contributed by atoms with Crippen molar-refractivity contribution in [1.29, 1.82) is 0 Å². The lowest BCUT2D eigenvalue weighted by Crippen LogP contribution is -2.47. The van der Waals surface area contributed by atoms with Crippen molar-refractivity contribution in [3.63, 3.8) is 0 Å². The van der Waals surface area contributed by atoms with Gasteiger partial charge in [0, 0.05) is 61.8 Å². The van der Waals surface area contributed by atoms with Gasteiger partial charge < -0.3 is 19.4 Å². The first-order valence-corrected chi connectivity index (χ1v) is 8.89. The summed E-state index contributed by atoms with van der Waals surface area (Å²) in [6.45, 7) is 9.46. The quantitative estimate of drug-likeness (QED) is 0.837. The number of benzene rings is 1. The maximum atomic E-state index is 12.8. The number of ether oxygens (including phenoxy) is 1. The Labute approximate surface area is 155 Å². The van der Waals surface area contributed by atoms with Gasteiger partial charge in [-0.15, -0.1) is 0 Å². The lowest BCUT2D eigenvalue weighted by atomic mass is 9.97. The molecule has 1 amide bonds. The second kappa shape index (κ2) is 7.38. The Balaban J connectivity index is 1.88. The molecule has 1 fully saturated rings. The molecule has 0 N–H and O–H groups in total. The van der Waals surface area contributed by atoms with E-state index in [0.717, 1.165) is 48.6 Å². The topological polar surface area (TPSA) is 36.0 Å². The number of hydrogen-bond acceptors (Lipinski definition) is 4. The highest BCUT2D eigenvalue weighted by molar-refractivity contribution is 5.95. The van der Waals surface area contributed by atoms with Gasteiger partial charge in [-0.05, 0) is 43.8 Å². The Bertz CT molecular complexity index is 786. The number of likely N-dealkylation sites (N-methyl/N-ethyl adjacent to an activating group) is 2. The molecule has 0 atom stereocenters. The van der Waals surface area contributed by atoms with Crippen LogP contribution in [0.5, 0.6) is 5.75 Å². The summed E-state index contributed by atoms with van der Waals surface area (Å²) in [5.74, 6) is 0.777. The van der Waals surface area contributed by atoms with Crippen molar-refractivity contribution in [2.24, 2.45) is 0 Å². The minimum atomic E-state index is 0.0674. The minimum Gasteiger partial charge on any atom is -0.496 e. The highest BCUT2D eigenvalue weighted by Gasteiger charge is 2.22. The average Bonchev–Trinajstić information content (AvgIpc) is 2.65. The van der Waals surface area contributed by atoms with Gasteiger partial charge in [0.15, 0.2) is 0 Å². The highest BCUT2D eigenvalue weighted by atomic mass is 16.5. The van der Waals surface area contributed by atoms with E-state index in [1.807, 2.05) is 48.2 Å². The Hall–Kier alpha value is -2.53. The van der Waals surface area contributed by atoms with Gasteiger partial charge in [0.2, 0.25) is 0 Å². The van der Waals surface area contributed by atoms with E-state index >= 15 is 0 Å². The van der Waals surface area contributed by atoms with Gasteiger partial charge in [-0.2, -0.15) is 0 Å². The molecule has 138 valence electrons. The highest BCUT2D eigenvalue weighted by Crippen LogP contribution is 2.33. The SMILES string of the molecule is C=C1C(C)=CC(c2ccc(C(=O)N3CCN(C)CC3)cc2OC)=CN1C. The number of rotatable bonds is 3. The van der Waals surface area contributed by atoms with E-state index in [4.69, 9.17) is 4.74 Å². The number of carbonyl (C=O) groups excluding carboxylic acids is 1. The molecule has 0 spiro atoms. The summed E-state index contributed by atoms with van der Waals surface area (Å²) < 4.78 is 5.60. The van der Waals surface area contributed by atoms with E-state index in [1.54, 1.807) is 7.11 Å². The Kier molecular flexibility index (Phi) is 5.18. The first-order valence-electron chi connectivity index (χ1n) is 8.89. The molecule has 5 nitrogen and oxygen atoms in total. The number of carbonyl (C=O) groups is 1. The van der Waals surface area contributed by atoms with E-state index < -0.39 is 0 Å².